The van der Waals surface area contributed by atoms with E-state index in [0.717, 1.165) is 0 Å². The average Bonchev–Trinajstić information content (AvgIpc) is 2.91. The van der Waals surface area contributed by atoms with Crippen molar-refractivity contribution in [1.29, 1.82) is 0 Å². The Morgan fingerprint density at radius 2 is 1.56 bits per heavy atom. The van der Waals surface area contributed by atoms with Gasteiger partial charge in [-0.25, -0.2) is 0 Å². The van der Waals surface area contributed by atoms with Gasteiger partial charge in [0.25, 0.3) is 0 Å². The zero-order valence-electron chi connectivity index (χ0n) is 15.5. The van der Waals surface area contributed by atoms with E-state index in [1.807, 2.05) is 0 Å². The Bertz CT molecular complexity index is 915. The summed E-state index contributed by atoms with van der Waals surface area (Å²) in [6.07, 6.45) is 8.49. The fraction of sp³-hybridized carbons (Fsp3) is 0.360. The normalized spacial score (nSPS) is 35.4. The van der Waals surface area contributed by atoms with Gasteiger partial charge in [0.1, 0.15) is 0 Å². The van der Waals surface area contributed by atoms with E-state index in [4.69, 9.17) is 0 Å². The molecule has 25 heavy (non-hydrogen) atoms. The van der Waals surface area contributed by atoms with Gasteiger partial charge in [-0.15, -0.1) is 0 Å². The Labute approximate surface area is 151 Å². The van der Waals surface area contributed by atoms with Crippen molar-refractivity contribution in [3.63, 3.8) is 0 Å². The fourth-order valence-corrected chi connectivity index (χ4v) is 6.39. The number of benzene rings is 2. The van der Waals surface area contributed by atoms with E-state index in [9.17, 15) is 0 Å². The Kier molecular flexibility index (Phi) is 3.02. The van der Waals surface area contributed by atoms with Crippen LogP contribution in [0.1, 0.15) is 57.1 Å². The summed E-state index contributed by atoms with van der Waals surface area (Å²) in [5.41, 5.74) is 9.91. The van der Waals surface area contributed by atoms with E-state index in [2.05, 4.69) is 81.5 Å². The third kappa shape index (κ3) is 1.73. The molecule has 3 aliphatic rings. The van der Waals surface area contributed by atoms with Crippen LogP contribution in [0, 0.1) is 5.41 Å². The van der Waals surface area contributed by atoms with Crippen LogP contribution in [-0.4, -0.2) is 0 Å². The molecule has 2 saturated carbocycles. The maximum absolute atomic E-state index is 2.49. The van der Waals surface area contributed by atoms with Crippen LogP contribution in [0.2, 0.25) is 0 Å². The summed E-state index contributed by atoms with van der Waals surface area (Å²) >= 11 is 0. The van der Waals surface area contributed by atoms with Crippen LogP contribution in [0.3, 0.4) is 0 Å². The molecular weight excluding hydrogens is 300 g/mol. The lowest BCUT2D eigenvalue weighted by molar-refractivity contribution is 0.255. The highest BCUT2D eigenvalue weighted by molar-refractivity contribution is 5.78. The summed E-state index contributed by atoms with van der Waals surface area (Å²) in [6.45, 7) is 6.97. The molecule has 2 fully saturated rings. The topological polar surface area (TPSA) is 0 Å². The highest BCUT2D eigenvalue weighted by Crippen LogP contribution is 2.71. The van der Waals surface area contributed by atoms with Crippen LogP contribution in [0.25, 0.3) is 11.1 Å². The molecular formula is C25H26. The lowest BCUT2D eigenvalue weighted by Crippen LogP contribution is -2.40. The van der Waals surface area contributed by atoms with Crippen molar-refractivity contribution in [3.05, 3.63) is 83.0 Å². The van der Waals surface area contributed by atoms with Gasteiger partial charge < -0.3 is 0 Å². The second-order valence-corrected chi connectivity index (χ2v) is 8.36. The number of allylic oxidation sites excluding steroid dienone is 4. The monoisotopic (exact) mass is 326 g/mol. The second-order valence-electron chi connectivity index (χ2n) is 8.36. The zero-order valence-corrected chi connectivity index (χ0v) is 15.5. The van der Waals surface area contributed by atoms with Crippen LogP contribution < -0.4 is 0 Å². The molecule has 126 valence electrons. The Morgan fingerprint density at radius 3 is 2.32 bits per heavy atom. The smallest absolute Gasteiger partial charge is 0.0101 e. The first kappa shape index (κ1) is 15.2. The minimum atomic E-state index is 0.249. The summed E-state index contributed by atoms with van der Waals surface area (Å²) in [4.78, 5) is 0. The molecule has 2 aromatic rings. The predicted octanol–water partition coefficient (Wildman–Crippen LogP) is 6.79. The molecule has 0 nitrogen and oxygen atoms in total. The SMILES string of the molecule is C/C=C1\CC2c3ccccc3-c3ccccc3[C@]23C/C(=C\C)C1(C)C3. The molecule has 0 radical (unpaired) electrons. The van der Waals surface area contributed by atoms with Crippen molar-refractivity contribution in [3.8, 4) is 11.1 Å². The number of hydrogen-bond donors (Lipinski definition) is 0. The van der Waals surface area contributed by atoms with Gasteiger partial charge in [-0.3, -0.25) is 0 Å². The Morgan fingerprint density at radius 1 is 0.880 bits per heavy atom. The molecule has 2 aromatic carbocycles. The van der Waals surface area contributed by atoms with E-state index < -0.39 is 0 Å². The van der Waals surface area contributed by atoms with Crippen LogP contribution in [-0.2, 0) is 5.41 Å². The van der Waals surface area contributed by atoms with E-state index in [-0.39, 0.29) is 10.8 Å². The van der Waals surface area contributed by atoms with Gasteiger partial charge in [0.05, 0.1) is 0 Å². The summed E-state index contributed by atoms with van der Waals surface area (Å²) in [5, 5.41) is 0. The maximum Gasteiger partial charge on any atom is 0.0101 e. The Hall–Kier alpha value is -2.08. The van der Waals surface area contributed by atoms with Crippen molar-refractivity contribution in [2.24, 2.45) is 5.41 Å². The summed E-state index contributed by atoms with van der Waals surface area (Å²) in [6, 6.07) is 18.4. The minimum Gasteiger partial charge on any atom is -0.0876 e. The molecule has 0 aromatic heterocycles. The molecule has 2 unspecified atom stereocenters. The van der Waals surface area contributed by atoms with Crippen LogP contribution in [0.5, 0.6) is 0 Å². The van der Waals surface area contributed by atoms with Crippen molar-refractivity contribution in [2.75, 3.05) is 0 Å². The molecule has 0 heterocycles. The molecule has 0 N–H and O–H groups in total. The van der Waals surface area contributed by atoms with Gasteiger partial charge in [0, 0.05) is 10.8 Å². The number of hydrogen-bond acceptors (Lipinski definition) is 0. The minimum absolute atomic E-state index is 0.249. The van der Waals surface area contributed by atoms with Crippen LogP contribution in [0.15, 0.2) is 71.8 Å². The molecule has 0 amide bonds. The molecule has 0 heteroatoms. The lowest BCUT2D eigenvalue weighted by atomic mass is 9.53. The highest BCUT2D eigenvalue weighted by Gasteiger charge is 2.60. The third-order valence-corrected chi connectivity index (χ3v) is 7.47. The van der Waals surface area contributed by atoms with Gasteiger partial charge in [0.15, 0.2) is 0 Å². The van der Waals surface area contributed by atoms with Gasteiger partial charge in [-0.1, -0.05) is 78.8 Å². The first-order valence-electron chi connectivity index (χ1n) is 9.64. The van der Waals surface area contributed by atoms with Crippen molar-refractivity contribution in [2.45, 2.75) is 51.4 Å². The van der Waals surface area contributed by atoms with Gasteiger partial charge in [0.2, 0.25) is 0 Å². The molecule has 5 rings (SSSR count). The van der Waals surface area contributed by atoms with Crippen LogP contribution >= 0.6 is 0 Å². The summed E-state index contributed by atoms with van der Waals surface area (Å²) in [5.74, 6) is 0.607. The van der Waals surface area contributed by atoms with Gasteiger partial charge in [-0.2, -0.15) is 0 Å². The quantitative estimate of drug-likeness (QED) is 0.468. The van der Waals surface area contributed by atoms with Crippen molar-refractivity contribution in [1.82, 2.24) is 0 Å². The molecule has 3 aliphatic carbocycles. The van der Waals surface area contributed by atoms with Gasteiger partial charge in [-0.05, 0) is 61.3 Å². The molecule has 0 saturated heterocycles. The summed E-state index contributed by atoms with van der Waals surface area (Å²) < 4.78 is 0. The van der Waals surface area contributed by atoms with E-state index in [0.29, 0.717) is 5.92 Å². The first-order chi connectivity index (χ1) is 12.1. The van der Waals surface area contributed by atoms with E-state index in [1.165, 1.54) is 30.4 Å². The van der Waals surface area contributed by atoms with Crippen molar-refractivity contribution >= 4 is 0 Å². The van der Waals surface area contributed by atoms with Crippen molar-refractivity contribution < 1.29 is 0 Å². The second kappa shape index (κ2) is 4.97. The standard InChI is InChI=1S/C25H26/c1-4-17-14-23-21-12-7-6-10-19(21)20-11-8-9-13-22(20)25(23)15-18(5-2)24(17,3)16-25/h4-13,23H,14-16H2,1-3H3/b17-4+,18-5+/t23?,24?,25-/m1/s1. The fourth-order valence-electron chi connectivity index (χ4n) is 6.39. The average molecular weight is 326 g/mol. The number of fused-ring (bicyclic) bond motifs is 5. The van der Waals surface area contributed by atoms with Crippen LogP contribution in [0.4, 0.5) is 0 Å². The lowest BCUT2D eigenvalue weighted by Gasteiger charge is -2.50. The predicted molar refractivity (Wildman–Crippen MR) is 106 cm³/mol. The van der Waals surface area contributed by atoms with E-state index >= 15 is 0 Å². The van der Waals surface area contributed by atoms with Gasteiger partial charge >= 0.3 is 0 Å². The third-order valence-electron chi connectivity index (χ3n) is 7.47. The molecule has 1 spiro atoms. The summed E-state index contributed by atoms with van der Waals surface area (Å²) in [7, 11) is 0. The highest BCUT2D eigenvalue weighted by atomic mass is 14.6. The molecule has 2 bridgehead atoms. The zero-order chi connectivity index (χ0) is 17.2. The molecule has 0 aliphatic heterocycles. The number of rotatable bonds is 0. The van der Waals surface area contributed by atoms with E-state index in [1.54, 1.807) is 22.3 Å². The largest absolute Gasteiger partial charge is 0.0876 e. The first-order valence-corrected chi connectivity index (χ1v) is 9.64. The molecule has 3 atom stereocenters. The maximum atomic E-state index is 2.49. The Balaban J connectivity index is 1.85.